The van der Waals surface area contributed by atoms with Gasteiger partial charge < -0.3 is 4.42 Å². The van der Waals surface area contributed by atoms with Gasteiger partial charge in [0.05, 0.1) is 6.04 Å². The summed E-state index contributed by atoms with van der Waals surface area (Å²) in [5.41, 5.74) is 5.77. The van der Waals surface area contributed by atoms with Crippen LogP contribution in [0.5, 0.6) is 0 Å². The van der Waals surface area contributed by atoms with Crippen LogP contribution >= 0.6 is 23.2 Å². The van der Waals surface area contributed by atoms with Gasteiger partial charge in [-0.2, -0.15) is 0 Å². The summed E-state index contributed by atoms with van der Waals surface area (Å²) in [5.74, 6) is 7.43. The molecule has 2 rings (SSSR count). The Kier molecular flexibility index (Phi) is 4.21. The fourth-order valence-electron chi connectivity index (χ4n) is 2.30. The summed E-state index contributed by atoms with van der Waals surface area (Å²) in [4.78, 5) is 0. The number of rotatable bonds is 3. The maximum absolute atomic E-state index is 6.25. The van der Waals surface area contributed by atoms with E-state index in [1.807, 2.05) is 26.8 Å². The highest BCUT2D eigenvalue weighted by Gasteiger charge is 2.23. The highest BCUT2D eigenvalue weighted by Crippen LogP contribution is 2.35. The molecule has 0 saturated heterocycles. The minimum absolute atomic E-state index is 0.220. The van der Waals surface area contributed by atoms with Crippen molar-refractivity contribution in [3.8, 4) is 0 Å². The van der Waals surface area contributed by atoms with Gasteiger partial charge in [0.1, 0.15) is 11.5 Å². The molecule has 19 heavy (non-hydrogen) atoms. The molecular weight excluding hydrogens is 283 g/mol. The predicted molar refractivity (Wildman–Crippen MR) is 78.5 cm³/mol. The molecule has 1 atom stereocenters. The van der Waals surface area contributed by atoms with Crippen LogP contribution in [0.3, 0.4) is 0 Å². The molecule has 3 nitrogen and oxygen atoms in total. The molecular formula is C14H16Cl2N2O. The van der Waals surface area contributed by atoms with E-state index in [1.54, 1.807) is 12.1 Å². The third-order valence-electron chi connectivity index (χ3n) is 3.35. The Morgan fingerprint density at radius 3 is 2.32 bits per heavy atom. The van der Waals surface area contributed by atoms with E-state index in [1.165, 1.54) is 0 Å². The van der Waals surface area contributed by atoms with E-state index >= 15 is 0 Å². The fraction of sp³-hybridized carbons (Fsp3) is 0.286. The van der Waals surface area contributed by atoms with Crippen LogP contribution in [0.15, 0.2) is 22.6 Å². The first-order chi connectivity index (χ1) is 8.95. The first-order valence-electron chi connectivity index (χ1n) is 5.93. The first-order valence-corrected chi connectivity index (χ1v) is 6.68. The summed E-state index contributed by atoms with van der Waals surface area (Å²) in [6.07, 6.45) is 0. The van der Waals surface area contributed by atoms with Crippen molar-refractivity contribution < 1.29 is 4.42 Å². The summed E-state index contributed by atoms with van der Waals surface area (Å²) in [7, 11) is 0. The Morgan fingerprint density at radius 2 is 1.84 bits per heavy atom. The molecule has 0 aliphatic heterocycles. The third kappa shape index (κ3) is 2.65. The van der Waals surface area contributed by atoms with Crippen molar-refractivity contribution in [2.45, 2.75) is 26.8 Å². The number of aryl methyl sites for hydroxylation is 2. The van der Waals surface area contributed by atoms with Crippen molar-refractivity contribution in [1.82, 2.24) is 5.43 Å². The number of furan rings is 1. The lowest BCUT2D eigenvalue weighted by Crippen LogP contribution is -2.29. The lowest BCUT2D eigenvalue weighted by molar-refractivity contribution is 0.494. The summed E-state index contributed by atoms with van der Waals surface area (Å²) < 4.78 is 5.65. The second-order valence-corrected chi connectivity index (χ2v) is 5.36. The van der Waals surface area contributed by atoms with Crippen molar-refractivity contribution in [3.05, 3.63) is 56.5 Å². The zero-order valence-corrected chi connectivity index (χ0v) is 12.6. The molecule has 1 heterocycles. The number of hydrogen-bond acceptors (Lipinski definition) is 3. The molecule has 0 bridgehead atoms. The van der Waals surface area contributed by atoms with Gasteiger partial charge in [0.2, 0.25) is 0 Å². The zero-order chi connectivity index (χ0) is 14.2. The van der Waals surface area contributed by atoms with Crippen molar-refractivity contribution in [2.24, 2.45) is 5.84 Å². The van der Waals surface area contributed by atoms with Gasteiger partial charge in [0.25, 0.3) is 0 Å². The number of nitrogens with one attached hydrogen (secondary N) is 1. The van der Waals surface area contributed by atoms with E-state index < -0.39 is 0 Å². The minimum Gasteiger partial charge on any atom is -0.466 e. The number of benzene rings is 1. The van der Waals surface area contributed by atoms with Gasteiger partial charge in [0.15, 0.2) is 0 Å². The highest BCUT2D eigenvalue weighted by molar-refractivity contribution is 6.35. The normalized spacial score (nSPS) is 12.7. The van der Waals surface area contributed by atoms with Crippen LogP contribution in [0.25, 0.3) is 0 Å². The van der Waals surface area contributed by atoms with Crippen LogP contribution in [0, 0.1) is 20.8 Å². The molecule has 5 heteroatoms. The Hall–Kier alpha value is -1.000. The zero-order valence-electron chi connectivity index (χ0n) is 11.1. The van der Waals surface area contributed by atoms with Crippen molar-refractivity contribution in [3.63, 3.8) is 0 Å². The standard InChI is InChI=1S/C14H16Cl2N2O/c1-7-8(2)19-9(3)13(7)14(18-17)11-5-4-10(15)6-12(11)16/h4-6,14,18H,17H2,1-3H3. The minimum atomic E-state index is -0.220. The van der Waals surface area contributed by atoms with E-state index in [4.69, 9.17) is 33.5 Å². The number of halogens is 2. The van der Waals surface area contributed by atoms with Crippen LogP contribution in [0.4, 0.5) is 0 Å². The first kappa shape index (κ1) is 14.4. The lowest BCUT2D eigenvalue weighted by atomic mass is 9.96. The maximum Gasteiger partial charge on any atom is 0.106 e. The lowest BCUT2D eigenvalue weighted by Gasteiger charge is -2.18. The molecule has 0 aliphatic carbocycles. The summed E-state index contributed by atoms with van der Waals surface area (Å²) in [5, 5.41) is 1.18. The molecule has 102 valence electrons. The molecule has 1 aromatic carbocycles. The quantitative estimate of drug-likeness (QED) is 0.663. The van der Waals surface area contributed by atoms with E-state index in [0.29, 0.717) is 10.0 Å². The number of nitrogens with two attached hydrogens (primary N) is 1. The molecule has 2 aromatic rings. The van der Waals surface area contributed by atoms with Crippen LogP contribution in [0.2, 0.25) is 10.0 Å². The van der Waals surface area contributed by atoms with E-state index in [9.17, 15) is 0 Å². The second-order valence-electron chi connectivity index (χ2n) is 4.52. The van der Waals surface area contributed by atoms with Gasteiger partial charge in [-0.25, -0.2) is 5.43 Å². The number of hydrogen-bond donors (Lipinski definition) is 2. The molecule has 0 aliphatic rings. The van der Waals surface area contributed by atoms with Crippen molar-refractivity contribution in [2.75, 3.05) is 0 Å². The smallest absolute Gasteiger partial charge is 0.106 e. The topological polar surface area (TPSA) is 51.2 Å². The maximum atomic E-state index is 6.25. The molecule has 1 unspecified atom stereocenters. The molecule has 0 fully saturated rings. The predicted octanol–water partition coefficient (Wildman–Crippen LogP) is 4.06. The third-order valence-corrected chi connectivity index (χ3v) is 3.91. The van der Waals surface area contributed by atoms with Crippen LogP contribution in [-0.2, 0) is 0 Å². The van der Waals surface area contributed by atoms with Gasteiger partial charge in [-0.15, -0.1) is 0 Å². The van der Waals surface area contributed by atoms with E-state index in [-0.39, 0.29) is 6.04 Å². The fourth-order valence-corrected chi connectivity index (χ4v) is 2.82. The summed E-state index contributed by atoms with van der Waals surface area (Å²) >= 11 is 12.2. The van der Waals surface area contributed by atoms with Gasteiger partial charge in [-0.05, 0) is 44.0 Å². The molecule has 0 spiro atoms. The molecule has 0 saturated carbocycles. The van der Waals surface area contributed by atoms with Gasteiger partial charge in [-0.1, -0.05) is 29.3 Å². The largest absolute Gasteiger partial charge is 0.466 e. The monoisotopic (exact) mass is 298 g/mol. The van der Waals surface area contributed by atoms with Crippen molar-refractivity contribution in [1.29, 1.82) is 0 Å². The Balaban J connectivity index is 2.56. The van der Waals surface area contributed by atoms with Crippen LogP contribution < -0.4 is 11.3 Å². The van der Waals surface area contributed by atoms with Gasteiger partial charge in [-0.3, -0.25) is 5.84 Å². The Morgan fingerprint density at radius 1 is 1.16 bits per heavy atom. The second kappa shape index (κ2) is 5.55. The van der Waals surface area contributed by atoms with E-state index in [2.05, 4.69) is 5.43 Å². The molecule has 0 radical (unpaired) electrons. The molecule has 3 N–H and O–H groups in total. The molecule has 1 aromatic heterocycles. The molecule has 0 amide bonds. The Bertz CT molecular complexity index is 608. The van der Waals surface area contributed by atoms with Crippen molar-refractivity contribution >= 4 is 23.2 Å². The Labute approximate surface area is 122 Å². The van der Waals surface area contributed by atoms with Gasteiger partial charge in [0, 0.05) is 15.6 Å². The summed E-state index contributed by atoms with van der Waals surface area (Å²) in [6.45, 7) is 5.86. The average Bonchev–Trinajstić information content (AvgIpc) is 2.59. The SMILES string of the molecule is Cc1oc(C)c(C(NN)c2ccc(Cl)cc2Cl)c1C. The highest BCUT2D eigenvalue weighted by atomic mass is 35.5. The summed E-state index contributed by atoms with van der Waals surface area (Å²) in [6, 6.07) is 5.16. The van der Waals surface area contributed by atoms with Gasteiger partial charge >= 0.3 is 0 Å². The van der Waals surface area contributed by atoms with Crippen LogP contribution in [-0.4, -0.2) is 0 Å². The average molecular weight is 299 g/mol. The van der Waals surface area contributed by atoms with Crippen LogP contribution in [0.1, 0.15) is 34.3 Å². The number of hydrazine groups is 1. The van der Waals surface area contributed by atoms with E-state index in [0.717, 1.165) is 28.2 Å².